The molecule has 0 aliphatic carbocycles. The summed E-state index contributed by atoms with van der Waals surface area (Å²) in [6.07, 6.45) is 0. The Morgan fingerprint density at radius 1 is 0.227 bits per heavy atom. The number of para-hydroxylation sites is 6. The van der Waals surface area contributed by atoms with Gasteiger partial charge < -0.3 is 18.9 Å². The maximum Gasteiger partial charge on any atom is 0.196 e. The molecule has 310 valence electrons. The minimum atomic E-state index is -3.04. The second-order valence-corrected chi connectivity index (χ2v) is 24.3. The molecule has 0 atom stereocenters. The molecule has 7 nitrogen and oxygen atoms in total. The molecule has 0 bridgehead atoms. The Labute approximate surface area is 382 Å². The van der Waals surface area contributed by atoms with Crippen LogP contribution in [0.15, 0.2) is 212 Å². The number of aromatic nitrogens is 3. The summed E-state index contributed by atoms with van der Waals surface area (Å²) in [4.78, 5) is 15.9. The molecule has 2 spiro atoms. The standard InChI is InChI=1S/C57H35N3O4Si2/c1-2-16-36(17-3-1)55-58-56(37-30-32-45-53(34-37)65(51-28-14-8-22-43(51)63-45)47-24-10-4-18-39(47)61-40-19-5-11-25-48(40)65)60-57(59-55)38-31-33-46-54(35-38)66(52-29-15-9-23-44(52)64-46)49-26-12-6-20-41(49)62-42-21-7-13-27-50(42)66/h1-35H. The molecular weight excluding hydrogens is 847 g/mol. The van der Waals surface area contributed by atoms with Crippen LogP contribution in [0.2, 0.25) is 0 Å². The molecule has 9 heteroatoms. The van der Waals surface area contributed by atoms with Gasteiger partial charge in [0.25, 0.3) is 0 Å². The van der Waals surface area contributed by atoms with Crippen molar-refractivity contribution in [3.05, 3.63) is 212 Å². The molecule has 0 radical (unpaired) electrons. The summed E-state index contributed by atoms with van der Waals surface area (Å²) in [5.74, 6) is 8.50. The summed E-state index contributed by atoms with van der Waals surface area (Å²) in [5.41, 5.74) is 2.61. The second-order valence-electron chi connectivity index (χ2n) is 17.0. The molecule has 0 fully saturated rings. The normalized spacial score (nSPS) is 14.5. The summed E-state index contributed by atoms with van der Waals surface area (Å²) in [7, 11) is -6.08. The Balaban J connectivity index is 1.01. The van der Waals surface area contributed by atoms with Crippen LogP contribution in [0.1, 0.15) is 0 Å². The van der Waals surface area contributed by atoms with Crippen LogP contribution in [0.5, 0.6) is 46.0 Å². The van der Waals surface area contributed by atoms with Gasteiger partial charge in [0.1, 0.15) is 46.0 Å². The fraction of sp³-hybridized carbons (Fsp3) is 0. The van der Waals surface area contributed by atoms with Crippen LogP contribution >= 0.6 is 0 Å². The van der Waals surface area contributed by atoms with Crippen LogP contribution in [-0.4, -0.2) is 31.1 Å². The van der Waals surface area contributed by atoms with E-state index in [-0.39, 0.29) is 0 Å². The van der Waals surface area contributed by atoms with Gasteiger partial charge in [0.05, 0.1) is 0 Å². The summed E-state index contributed by atoms with van der Waals surface area (Å²) in [5, 5.41) is 9.26. The fourth-order valence-corrected chi connectivity index (χ4v) is 21.2. The molecule has 0 saturated carbocycles. The van der Waals surface area contributed by atoms with Crippen molar-refractivity contribution in [1.82, 2.24) is 15.0 Å². The van der Waals surface area contributed by atoms with Gasteiger partial charge in [-0.25, -0.2) is 15.0 Å². The average Bonchev–Trinajstić information content (AvgIpc) is 3.38. The summed E-state index contributed by atoms with van der Waals surface area (Å²) in [6, 6.07) is 73.8. The van der Waals surface area contributed by atoms with Gasteiger partial charge in [0, 0.05) is 16.7 Å². The Hall–Kier alpha value is -8.38. The van der Waals surface area contributed by atoms with Crippen LogP contribution in [0.25, 0.3) is 34.2 Å². The van der Waals surface area contributed by atoms with Crippen molar-refractivity contribution in [3.8, 4) is 80.2 Å². The highest BCUT2D eigenvalue weighted by Crippen LogP contribution is 2.40. The maximum atomic E-state index is 6.82. The largest absolute Gasteiger partial charge is 0.458 e. The molecule has 10 aromatic rings. The number of hydrogen-bond donors (Lipinski definition) is 0. The first-order valence-corrected chi connectivity index (χ1v) is 26.1. The van der Waals surface area contributed by atoms with Crippen LogP contribution in [0.3, 0.4) is 0 Å². The number of ether oxygens (including phenoxy) is 4. The molecule has 0 unspecified atom stereocenters. The zero-order chi connectivity index (χ0) is 43.4. The Morgan fingerprint density at radius 3 is 0.803 bits per heavy atom. The number of rotatable bonds is 3. The van der Waals surface area contributed by atoms with Crippen molar-refractivity contribution in [1.29, 1.82) is 0 Å². The molecular formula is C57H35N3O4Si2. The van der Waals surface area contributed by atoms with Gasteiger partial charge >= 0.3 is 0 Å². The van der Waals surface area contributed by atoms with E-state index in [1.807, 2.05) is 66.7 Å². The van der Waals surface area contributed by atoms with E-state index >= 15 is 0 Å². The predicted molar refractivity (Wildman–Crippen MR) is 264 cm³/mol. The van der Waals surface area contributed by atoms with Crippen molar-refractivity contribution < 1.29 is 18.9 Å². The Bertz CT molecular complexity index is 3230. The van der Waals surface area contributed by atoms with Crippen molar-refractivity contribution in [2.45, 2.75) is 0 Å². The first-order chi connectivity index (χ1) is 32.7. The highest BCUT2D eigenvalue weighted by atomic mass is 28.3. The van der Waals surface area contributed by atoms with E-state index in [4.69, 9.17) is 33.9 Å². The average molecular weight is 882 g/mol. The van der Waals surface area contributed by atoms with Gasteiger partial charge in [0.2, 0.25) is 0 Å². The highest BCUT2D eigenvalue weighted by Gasteiger charge is 2.54. The number of nitrogens with zero attached hydrogens (tertiary/aromatic N) is 3. The maximum absolute atomic E-state index is 6.82. The first kappa shape index (κ1) is 37.0. The van der Waals surface area contributed by atoms with E-state index in [2.05, 4.69) is 146 Å². The highest BCUT2D eigenvalue weighted by molar-refractivity contribution is 7.22. The lowest BCUT2D eigenvalue weighted by molar-refractivity contribution is 0.481. The topological polar surface area (TPSA) is 75.6 Å². The molecule has 0 N–H and O–H groups in total. The van der Waals surface area contributed by atoms with Gasteiger partial charge in [-0.15, -0.1) is 0 Å². The Morgan fingerprint density at radius 2 is 0.485 bits per heavy atom. The zero-order valence-electron chi connectivity index (χ0n) is 35.2. The lowest BCUT2D eigenvalue weighted by Crippen LogP contribution is -2.77. The van der Waals surface area contributed by atoms with Crippen molar-refractivity contribution >= 4 is 57.6 Å². The monoisotopic (exact) mass is 881 g/mol. The van der Waals surface area contributed by atoms with Crippen LogP contribution in [-0.2, 0) is 0 Å². The van der Waals surface area contributed by atoms with E-state index in [9.17, 15) is 0 Å². The fourth-order valence-electron chi connectivity index (χ4n) is 10.9. The molecule has 5 heterocycles. The first-order valence-electron chi connectivity index (χ1n) is 22.1. The van der Waals surface area contributed by atoms with E-state index in [0.29, 0.717) is 17.5 Å². The smallest absolute Gasteiger partial charge is 0.196 e. The third-order valence-electron chi connectivity index (χ3n) is 13.6. The van der Waals surface area contributed by atoms with Crippen LogP contribution in [0, 0.1) is 0 Å². The van der Waals surface area contributed by atoms with Crippen molar-refractivity contribution in [3.63, 3.8) is 0 Å². The number of hydrogen-bond acceptors (Lipinski definition) is 7. The molecule has 4 aliphatic rings. The number of benzene rings is 9. The minimum Gasteiger partial charge on any atom is -0.458 e. The van der Waals surface area contributed by atoms with Gasteiger partial charge in [0.15, 0.2) is 33.6 Å². The Kier molecular flexibility index (Phi) is 7.89. The van der Waals surface area contributed by atoms with Gasteiger partial charge in [-0.05, 0) is 114 Å². The van der Waals surface area contributed by atoms with E-state index < -0.39 is 16.1 Å². The third kappa shape index (κ3) is 5.14. The van der Waals surface area contributed by atoms with E-state index in [0.717, 1.165) is 73.1 Å². The molecule has 1 aromatic heterocycles. The molecule has 4 aliphatic heterocycles. The van der Waals surface area contributed by atoms with Crippen LogP contribution < -0.4 is 60.4 Å². The van der Waals surface area contributed by atoms with Gasteiger partial charge in [-0.1, -0.05) is 140 Å². The quantitative estimate of drug-likeness (QED) is 0.167. The molecule has 66 heavy (non-hydrogen) atoms. The van der Waals surface area contributed by atoms with Crippen LogP contribution in [0.4, 0.5) is 0 Å². The summed E-state index contributed by atoms with van der Waals surface area (Å²) < 4.78 is 27.0. The molecule has 14 rings (SSSR count). The van der Waals surface area contributed by atoms with E-state index in [1.165, 1.54) is 31.1 Å². The van der Waals surface area contributed by atoms with Gasteiger partial charge in [-0.2, -0.15) is 0 Å². The van der Waals surface area contributed by atoms with Crippen molar-refractivity contribution in [2.75, 3.05) is 0 Å². The SMILES string of the molecule is c1ccc(-c2nc(-c3ccc4c(c3)[Si]3(c5ccccc5Oc5ccccc53)c3ccccc3O4)nc(-c3ccc4c(c3)[Si]3(c5ccccc5Oc5ccccc53)c3ccccc3O4)n2)cc1. The molecule has 0 amide bonds. The molecule has 9 aromatic carbocycles. The third-order valence-corrected chi connectivity index (χ3v) is 23.3. The number of fused-ring (bicyclic) bond motifs is 16. The lowest BCUT2D eigenvalue weighted by atomic mass is 10.1. The predicted octanol–water partition coefficient (Wildman–Crippen LogP) is 8.05. The summed E-state index contributed by atoms with van der Waals surface area (Å²) in [6.45, 7) is 0. The minimum absolute atomic E-state index is 0.561. The molecule has 0 saturated heterocycles. The van der Waals surface area contributed by atoms with E-state index in [1.54, 1.807) is 0 Å². The lowest BCUT2D eigenvalue weighted by Gasteiger charge is -2.43. The summed E-state index contributed by atoms with van der Waals surface area (Å²) >= 11 is 0. The zero-order valence-corrected chi connectivity index (χ0v) is 37.2. The van der Waals surface area contributed by atoms with Gasteiger partial charge in [-0.3, -0.25) is 0 Å². The van der Waals surface area contributed by atoms with Crippen molar-refractivity contribution in [2.24, 2.45) is 0 Å². The second kappa shape index (κ2) is 14.1.